The van der Waals surface area contributed by atoms with E-state index in [1.165, 1.54) is 11.8 Å². The van der Waals surface area contributed by atoms with Crippen LogP contribution in [0, 0.1) is 0 Å². The van der Waals surface area contributed by atoms with Crippen LogP contribution in [0.3, 0.4) is 0 Å². The molecule has 0 spiro atoms. The van der Waals surface area contributed by atoms with E-state index in [1.807, 2.05) is 0 Å². The molecule has 2 amide bonds. The Bertz CT molecular complexity index is 971. The van der Waals surface area contributed by atoms with E-state index in [1.54, 1.807) is 62.4 Å². The lowest BCUT2D eigenvalue weighted by Gasteiger charge is -2.13. The predicted octanol–water partition coefficient (Wildman–Crippen LogP) is 3.56. The number of hydrogen-bond acceptors (Lipinski definition) is 6. The highest BCUT2D eigenvalue weighted by Gasteiger charge is 2.15. The van der Waals surface area contributed by atoms with Crippen LogP contribution in [0.15, 0.2) is 65.6 Å². The first-order chi connectivity index (χ1) is 14.8. The Morgan fingerprint density at radius 3 is 2.13 bits per heavy atom. The van der Waals surface area contributed by atoms with E-state index in [9.17, 15) is 19.2 Å². The lowest BCUT2D eigenvalue weighted by molar-refractivity contribution is -0.131. The molecule has 0 saturated carbocycles. The number of carboxylic acid groups (broad SMARTS) is 1. The van der Waals surface area contributed by atoms with Crippen molar-refractivity contribution in [2.24, 2.45) is 0 Å². The number of amides is 2. The molecule has 0 heterocycles. The summed E-state index contributed by atoms with van der Waals surface area (Å²) in [6, 6.07) is 13.3. The Kier molecular flexibility index (Phi) is 8.83. The largest absolute Gasteiger partial charge is 0.478 e. The number of anilines is 2. The molecular weight excluding hydrogens is 420 g/mol. The molecule has 0 saturated heterocycles. The lowest BCUT2D eigenvalue weighted by Crippen LogP contribution is -2.22. The van der Waals surface area contributed by atoms with Gasteiger partial charge in [-0.25, -0.2) is 9.59 Å². The van der Waals surface area contributed by atoms with Crippen molar-refractivity contribution in [3.63, 3.8) is 0 Å². The minimum Gasteiger partial charge on any atom is -0.478 e. The van der Waals surface area contributed by atoms with Crippen molar-refractivity contribution < 1.29 is 29.0 Å². The summed E-state index contributed by atoms with van der Waals surface area (Å²) in [7, 11) is 0. The van der Waals surface area contributed by atoms with Crippen molar-refractivity contribution in [1.29, 1.82) is 0 Å². The first-order valence-electron chi connectivity index (χ1n) is 9.35. The molecular formula is C22H22N2O6S. The van der Waals surface area contributed by atoms with Crippen LogP contribution in [0.4, 0.5) is 11.4 Å². The Balaban J connectivity index is 1.88. The summed E-state index contributed by atoms with van der Waals surface area (Å²) in [5, 5.41) is 13.5. The van der Waals surface area contributed by atoms with Gasteiger partial charge in [-0.1, -0.05) is 0 Å². The number of carboxylic acids is 1. The molecule has 8 nitrogen and oxygen atoms in total. The van der Waals surface area contributed by atoms with Crippen LogP contribution in [0.5, 0.6) is 0 Å². The minimum atomic E-state index is -1.20. The zero-order valence-electron chi connectivity index (χ0n) is 17.0. The van der Waals surface area contributed by atoms with Crippen molar-refractivity contribution in [3.8, 4) is 0 Å². The van der Waals surface area contributed by atoms with Gasteiger partial charge in [-0.05, 0) is 62.4 Å². The van der Waals surface area contributed by atoms with Gasteiger partial charge in [0.15, 0.2) is 0 Å². The Hall–Kier alpha value is -3.59. The van der Waals surface area contributed by atoms with Gasteiger partial charge in [-0.3, -0.25) is 9.59 Å². The third-order valence-electron chi connectivity index (χ3n) is 3.84. The molecule has 0 radical (unpaired) electrons. The Morgan fingerprint density at radius 1 is 0.968 bits per heavy atom. The fraction of sp³-hybridized carbons (Fsp3) is 0.182. The summed E-state index contributed by atoms with van der Waals surface area (Å²) < 4.78 is 4.92. The van der Waals surface area contributed by atoms with Crippen LogP contribution < -0.4 is 10.6 Å². The monoisotopic (exact) mass is 442 g/mol. The highest BCUT2D eigenvalue weighted by Crippen LogP contribution is 2.25. The van der Waals surface area contributed by atoms with Gasteiger partial charge in [0.1, 0.15) is 0 Å². The van der Waals surface area contributed by atoms with Gasteiger partial charge in [0, 0.05) is 28.4 Å². The molecule has 0 aliphatic carbocycles. The van der Waals surface area contributed by atoms with Crippen LogP contribution in [-0.2, 0) is 19.1 Å². The highest BCUT2D eigenvalue weighted by atomic mass is 32.2. The number of nitrogens with one attached hydrogen (secondary N) is 2. The Labute approximate surface area is 183 Å². The van der Waals surface area contributed by atoms with Gasteiger partial charge in [0.25, 0.3) is 0 Å². The molecule has 2 rings (SSSR count). The molecule has 0 aromatic heterocycles. The van der Waals surface area contributed by atoms with Crippen LogP contribution in [0.1, 0.15) is 24.2 Å². The van der Waals surface area contributed by atoms with E-state index in [-0.39, 0.29) is 5.91 Å². The number of hydrogen-bond donors (Lipinski definition) is 3. The third kappa shape index (κ3) is 7.98. The number of ether oxygens (including phenoxy) is 1. The van der Waals surface area contributed by atoms with Crippen molar-refractivity contribution >= 4 is 46.9 Å². The maximum absolute atomic E-state index is 12.4. The predicted molar refractivity (Wildman–Crippen MR) is 118 cm³/mol. The van der Waals surface area contributed by atoms with E-state index in [0.717, 1.165) is 17.0 Å². The quantitative estimate of drug-likeness (QED) is 0.308. The van der Waals surface area contributed by atoms with E-state index < -0.39 is 23.1 Å². The standard InChI is InChI=1S/C22H22N2O6S/c1-3-30-22(29)15-4-6-17(7-5-15)24-21(28)14(2)31-18-10-8-16(9-11-18)23-19(25)12-13-20(26)27/h4-14H,3H2,1-2H3,(H,23,25)(H,24,28)(H,26,27)/b13-12+. The number of esters is 1. The third-order valence-corrected chi connectivity index (χ3v) is 4.96. The second kappa shape index (κ2) is 11.6. The molecule has 31 heavy (non-hydrogen) atoms. The summed E-state index contributed by atoms with van der Waals surface area (Å²) in [4.78, 5) is 46.9. The summed E-state index contributed by atoms with van der Waals surface area (Å²) in [5.41, 5.74) is 1.48. The zero-order chi connectivity index (χ0) is 22.8. The molecule has 1 unspecified atom stereocenters. The van der Waals surface area contributed by atoms with E-state index in [2.05, 4.69) is 10.6 Å². The van der Waals surface area contributed by atoms with E-state index in [0.29, 0.717) is 23.5 Å². The average Bonchev–Trinajstić information content (AvgIpc) is 2.74. The number of carbonyl (C=O) groups is 4. The van der Waals surface area contributed by atoms with Crippen LogP contribution in [-0.4, -0.2) is 40.7 Å². The zero-order valence-corrected chi connectivity index (χ0v) is 17.8. The van der Waals surface area contributed by atoms with Gasteiger partial charge >= 0.3 is 11.9 Å². The average molecular weight is 442 g/mol. The highest BCUT2D eigenvalue weighted by molar-refractivity contribution is 8.00. The van der Waals surface area contributed by atoms with Gasteiger partial charge in [-0.15, -0.1) is 11.8 Å². The normalized spacial score (nSPS) is 11.5. The van der Waals surface area contributed by atoms with Crippen molar-refractivity contribution in [2.45, 2.75) is 24.0 Å². The second-order valence-electron chi connectivity index (χ2n) is 6.23. The van der Waals surface area contributed by atoms with Crippen molar-refractivity contribution in [2.75, 3.05) is 17.2 Å². The lowest BCUT2D eigenvalue weighted by atomic mass is 10.2. The van der Waals surface area contributed by atoms with Crippen LogP contribution >= 0.6 is 11.8 Å². The number of aliphatic carboxylic acids is 1. The minimum absolute atomic E-state index is 0.204. The Morgan fingerprint density at radius 2 is 1.55 bits per heavy atom. The molecule has 0 aliphatic heterocycles. The van der Waals surface area contributed by atoms with E-state index in [4.69, 9.17) is 9.84 Å². The molecule has 1 atom stereocenters. The van der Waals surface area contributed by atoms with Crippen molar-refractivity contribution in [1.82, 2.24) is 0 Å². The van der Waals surface area contributed by atoms with Crippen molar-refractivity contribution in [3.05, 3.63) is 66.2 Å². The van der Waals surface area contributed by atoms with E-state index >= 15 is 0 Å². The molecule has 0 bridgehead atoms. The fourth-order valence-corrected chi connectivity index (χ4v) is 3.22. The van der Waals surface area contributed by atoms with Crippen LogP contribution in [0.25, 0.3) is 0 Å². The number of thioether (sulfide) groups is 1. The molecule has 162 valence electrons. The topological polar surface area (TPSA) is 122 Å². The number of benzene rings is 2. The molecule has 0 aliphatic rings. The SMILES string of the molecule is CCOC(=O)c1ccc(NC(=O)C(C)Sc2ccc(NC(=O)/C=C/C(=O)O)cc2)cc1. The second-order valence-corrected chi connectivity index (χ2v) is 7.65. The molecule has 0 fully saturated rings. The molecule has 3 N–H and O–H groups in total. The van der Waals surface area contributed by atoms with Gasteiger partial charge in [0.2, 0.25) is 11.8 Å². The molecule has 2 aromatic rings. The molecule has 2 aromatic carbocycles. The summed E-state index contributed by atoms with van der Waals surface area (Å²) in [6.45, 7) is 3.79. The van der Waals surface area contributed by atoms with Gasteiger partial charge in [0.05, 0.1) is 17.4 Å². The first kappa shape index (κ1) is 23.7. The number of rotatable bonds is 9. The fourth-order valence-electron chi connectivity index (χ4n) is 2.35. The smallest absolute Gasteiger partial charge is 0.338 e. The van der Waals surface area contributed by atoms with Crippen LogP contribution in [0.2, 0.25) is 0 Å². The first-order valence-corrected chi connectivity index (χ1v) is 10.2. The molecule has 9 heteroatoms. The number of carbonyl (C=O) groups excluding carboxylic acids is 3. The summed E-state index contributed by atoms with van der Waals surface area (Å²) >= 11 is 1.34. The maximum Gasteiger partial charge on any atom is 0.338 e. The maximum atomic E-state index is 12.4. The van der Waals surface area contributed by atoms with Gasteiger partial charge in [-0.2, -0.15) is 0 Å². The van der Waals surface area contributed by atoms with Gasteiger partial charge < -0.3 is 20.5 Å². The summed E-state index contributed by atoms with van der Waals surface area (Å²) in [5.74, 6) is -2.37. The summed E-state index contributed by atoms with van der Waals surface area (Å²) in [6.07, 6.45) is 1.68.